The second-order valence-electron chi connectivity index (χ2n) is 3.91. The van der Waals surface area contributed by atoms with Crippen LogP contribution in [0.15, 0.2) is 42.6 Å². The molecule has 1 aromatic heterocycles. The van der Waals surface area contributed by atoms with Gasteiger partial charge >= 0.3 is 5.97 Å². The third-order valence-corrected chi connectivity index (χ3v) is 2.70. The summed E-state index contributed by atoms with van der Waals surface area (Å²) in [7, 11) is 0. The fraction of sp³-hybridized carbons (Fsp3) is 0.143. The first-order chi connectivity index (χ1) is 9.13. The molecule has 0 radical (unpaired) electrons. The molecule has 1 heterocycles. The van der Waals surface area contributed by atoms with Crippen molar-refractivity contribution in [2.75, 3.05) is 11.4 Å². The van der Waals surface area contributed by atoms with E-state index in [2.05, 4.69) is 4.98 Å². The van der Waals surface area contributed by atoms with Crippen molar-refractivity contribution in [3.8, 4) is 0 Å². The third-order valence-electron chi connectivity index (χ3n) is 2.70. The summed E-state index contributed by atoms with van der Waals surface area (Å²) in [6.45, 7) is 2.41. The van der Waals surface area contributed by atoms with Crippen LogP contribution in [0.3, 0.4) is 0 Å². The molecule has 5 heteroatoms. The Labute approximate surface area is 110 Å². The van der Waals surface area contributed by atoms with Gasteiger partial charge in [0.15, 0.2) is 0 Å². The van der Waals surface area contributed by atoms with Gasteiger partial charge in [-0.15, -0.1) is 0 Å². The number of halogens is 1. The molecule has 0 amide bonds. The van der Waals surface area contributed by atoms with E-state index >= 15 is 0 Å². The summed E-state index contributed by atoms with van der Waals surface area (Å²) in [5, 5.41) is 9.15. The lowest BCUT2D eigenvalue weighted by Crippen LogP contribution is -2.20. The summed E-state index contributed by atoms with van der Waals surface area (Å²) in [5.41, 5.74) is 0.664. The number of rotatable bonds is 4. The monoisotopic (exact) mass is 260 g/mol. The second-order valence-corrected chi connectivity index (χ2v) is 3.91. The van der Waals surface area contributed by atoms with E-state index < -0.39 is 11.8 Å². The Morgan fingerprint density at radius 2 is 2.05 bits per heavy atom. The number of carbonyl (C=O) groups is 1. The van der Waals surface area contributed by atoms with E-state index in [1.54, 1.807) is 4.90 Å². The first-order valence-corrected chi connectivity index (χ1v) is 5.85. The van der Waals surface area contributed by atoms with E-state index in [-0.39, 0.29) is 11.4 Å². The number of para-hydroxylation sites is 1. The number of nitrogens with zero attached hydrogens (tertiary/aromatic N) is 2. The van der Waals surface area contributed by atoms with Crippen molar-refractivity contribution >= 4 is 17.5 Å². The van der Waals surface area contributed by atoms with Gasteiger partial charge < -0.3 is 10.0 Å². The normalized spacial score (nSPS) is 10.2. The van der Waals surface area contributed by atoms with E-state index in [0.29, 0.717) is 6.54 Å². The molecule has 0 aliphatic rings. The SMILES string of the molecule is CCN(c1ccccc1)c1ncc(F)cc1C(=O)O. The number of pyridine rings is 1. The molecule has 0 unspecified atom stereocenters. The standard InChI is InChI=1S/C14H13FN2O2/c1-2-17(11-6-4-3-5-7-11)13-12(14(18)19)8-10(15)9-16-13/h3-9H,2H2,1H3,(H,18,19). The van der Waals surface area contributed by atoms with Crippen LogP contribution in [0.5, 0.6) is 0 Å². The van der Waals surface area contributed by atoms with Gasteiger partial charge in [-0.25, -0.2) is 14.2 Å². The zero-order valence-electron chi connectivity index (χ0n) is 10.4. The maximum atomic E-state index is 13.1. The van der Waals surface area contributed by atoms with E-state index in [1.165, 1.54) is 0 Å². The van der Waals surface area contributed by atoms with Gasteiger partial charge in [0, 0.05) is 12.2 Å². The zero-order valence-corrected chi connectivity index (χ0v) is 10.4. The lowest BCUT2D eigenvalue weighted by atomic mass is 10.2. The summed E-state index contributed by atoms with van der Waals surface area (Å²) < 4.78 is 13.1. The fourth-order valence-corrected chi connectivity index (χ4v) is 1.87. The molecular formula is C14H13FN2O2. The van der Waals surface area contributed by atoms with Crippen molar-refractivity contribution in [1.82, 2.24) is 4.98 Å². The minimum absolute atomic E-state index is 0.147. The van der Waals surface area contributed by atoms with Crippen LogP contribution in [0.25, 0.3) is 0 Å². The summed E-state index contributed by atoms with van der Waals surface area (Å²) in [6.07, 6.45) is 1.02. The van der Waals surface area contributed by atoms with E-state index in [4.69, 9.17) is 5.11 Å². The van der Waals surface area contributed by atoms with Crippen LogP contribution in [0.2, 0.25) is 0 Å². The van der Waals surface area contributed by atoms with Gasteiger partial charge in [-0.2, -0.15) is 0 Å². The van der Waals surface area contributed by atoms with E-state index in [0.717, 1.165) is 18.0 Å². The molecular weight excluding hydrogens is 247 g/mol. The molecule has 0 atom stereocenters. The molecule has 1 N–H and O–H groups in total. The molecule has 98 valence electrons. The van der Waals surface area contributed by atoms with Crippen LogP contribution in [-0.4, -0.2) is 22.6 Å². The summed E-state index contributed by atoms with van der Waals surface area (Å²) >= 11 is 0. The largest absolute Gasteiger partial charge is 0.478 e. The minimum Gasteiger partial charge on any atom is -0.478 e. The van der Waals surface area contributed by atoms with Gasteiger partial charge in [0.1, 0.15) is 17.2 Å². The van der Waals surface area contributed by atoms with E-state index in [1.807, 2.05) is 37.3 Å². The highest BCUT2D eigenvalue weighted by Crippen LogP contribution is 2.26. The Morgan fingerprint density at radius 1 is 1.37 bits per heavy atom. The molecule has 0 fully saturated rings. The van der Waals surface area contributed by atoms with Gasteiger partial charge in [0.25, 0.3) is 0 Å². The number of carboxylic acids is 1. The first kappa shape index (κ1) is 13.0. The van der Waals surface area contributed by atoms with Gasteiger partial charge in [0.2, 0.25) is 0 Å². The van der Waals surface area contributed by atoms with E-state index in [9.17, 15) is 9.18 Å². The van der Waals surface area contributed by atoms with Crippen molar-refractivity contribution in [3.63, 3.8) is 0 Å². The molecule has 0 spiro atoms. The lowest BCUT2D eigenvalue weighted by Gasteiger charge is -2.23. The fourth-order valence-electron chi connectivity index (χ4n) is 1.87. The average molecular weight is 260 g/mol. The highest BCUT2D eigenvalue weighted by atomic mass is 19.1. The molecule has 0 aliphatic heterocycles. The Morgan fingerprint density at radius 3 is 2.63 bits per heavy atom. The maximum absolute atomic E-state index is 13.1. The Balaban J connectivity index is 2.53. The molecule has 0 bridgehead atoms. The van der Waals surface area contributed by atoms with Crippen LogP contribution >= 0.6 is 0 Å². The van der Waals surface area contributed by atoms with Crippen LogP contribution < -0.4 is 4.90 Å². The number of benzene rings is 1. The van der Waals surface area contributed by atoms with Gasteiger partial charge in [-0.1, -0.05) is 18.2 Å². The van der Waals surface area contributed by atoms with Gasteiger partial charge in [0.05, 0.1) is 6.20 Å². The first-order valence-electron chi connectivity index (χ1n) is 5.85. The van der Waals surface area contributed by atoms with Crippen LogP contribution in [0.1, 0.15) is 17.3 Å². The van der Waals surface area contributed by atoms with Crippen molar-refractivity contribution in [2.45, 2.75) is 6.92 Å². The number of hydrogen-bond donors (Lipinski definition) is 1. The van der Waals surface area contributed by atoms with Gasteiger partial charge in [-0.05, 0) is 25.1 Å². The van der Waals surface area contributed by atoms with Crippen LogP contribution in [0.4, 0.5) is 15.9 Å². The molecule has 2 aromatic rings. The topological polar surface area (TPSA) is 53.4 Å². The molecule has 0 aliphatic carbocycles. The Hall–Kier alpha value is -2.43. The molecule has 1 aromatic carbocycles. The molecule has 2 rings (SSSR count). The van der Waals surface area contributed by atoms with Crippen molar-refractivity contribution in [1.29, 1.82) is 0 Å². The molecule has 0 saturated heterocycles. The number of hydrogen-bond acceptors (Lipinski definition) is 3. The number of carboxylic acid groups (broad SMARTS) is 1. The molecule has 4 nitrogen and oxygen atoms in total. The summed E-state index contributed by atoms with van der Waals surface area (Å²) in [6, 6.07) is 10.2. The summed E-state index contributed by atoms with van der Waals surface area (Å²) in [5.74, 6) is -1.62. The Kier molecular flexibility index (Phi) is 3.75. The number of aromatic nitrogens is 1. The average Bonchev–Trinajstić information content (AvgIpc) is 2.42. The smallest absolute Gasteiger partial charge is 0.339 e. The minimum atomic E-state index is -1.20. The highest BCUT2D eigenvalue weighted by molar-refractivity contribution is 5.94. The van der Waals surface area contributed by atoms with Crippen molar-refractivity contribution < 1.29 is 14.3 Å². The predicted molar refractivity (Wildman–Crippen MR) is 70.3 cm³/mol. The lowest BCUT2D eigenvalue weighted by molar-refractivity contribution is 0.0696. The van der Waals surface area contributed by atoms with Crippen LogP contribution in [0, 0.1) is 5.82 Å². The van der Waals surface area contributed by atoms with Crippen molar-refractivity contribution in [2.24, 2.45) is 0 Å². The van der Waals surface area contributed by atoms with Crippen LogP contribution in [-0.2, 0) is 0 Å². The third kappa shape index (κ3) is 2.70. The number of anilines is 2. The maximum Gasteiger partial charge on any atom is 0.339 e. The Bertz CT molecular complexity index is 587. The predicted octanol–water partition coefficient (Wildman–Crippen LogP) is 3.08. The summed E-state index contributed by atoms with van der Waals surface area (Å²) in [4.78, 5) is 16.8. The van der Waals surface area contributed by atoms with Gasteiger partial charge in [-0.3, -0.25) is 0 Å². The molecule has 19 heavy (non-hydrogen) atoms. The zero-order chi connectivity index (χ0) is 13.8. The second kappa shape index (κ2) is 5.48. The van der Waals surface area contributed by atoms with Crippen molar-refractivity contribution in [3.05, 3.63) is 54.0 Å². The number of aromatic carboxylic acids is 1. The molecule has 0 saturated carbocycles. The quantitative estimate of drug-likeness (QED) is 0.917. The highest BCUT2D eigenvalue weighted by Gasteiger charge is 2.18.